The fourth-order valence-corrected chi connectivity index (χ4v) is 4.02. The number of halogens is 4. The first-order valence-electron chi connectivity index (χ1n) is 10.2. The van der Waals surface area contributed by atoms with Crippen LogP contribution in [0.5, 0.6) is 11.5 Å². The third kappa shape index (κ3) is 9.27. The van der Waals surface area contributed by atoms with E-state index in [2.05, 4.69) is 52.9 Å². The summed E-state index contributed by atoms with van der Waals surface area (Å²) in [4.78, 5) is 23.8. The van der Waals surface area contributed by atoms with Gasteiger partial charge in [0.05, 0.1) is 22.5 Å². The first-order chi connectivity index (χ1) is 17.3. The van der Waals surface area contributed by atoms with Crippen LogP contribution >= 0.6 is 55.1 Å². The monoisotopic (exact) mass is 654 g/mol. The van der Waals surface area contributed by atoms with Gasteiger partial charge >= 0.3 is 0 Å². The van der Waals surface area contributed by atoms with E-state index >= 15 is 0 Å². The minimum atomic E-state index is -0.434. The van der Waals surface area contributed by atoms with Gasteiger partial charge in [-0.15, -0.1) is 0 Å². The maximum Gasteiger partial charge on any atom is 0.277 e. The first kappa shape index (κ1) is 27.7. The number of nitrogens with one attached hydrogen (secondary N) is 2. The second-order valence-corrected chi connectivity index (χ2v) is 9.63. The number of carbonyl (C=O) groups excluding carboxylic acids is 2. The van der Waals surface area contributed by atoms with E-state index < -0.39 is 11.8 Å². The summed E-state index contributed by atoms with van der Waals surface area (Å²) in [6, 6.07) is 17.3. The van der Waals surface area contributed by atoms with Crippen LogP contribution in [-0.4, -0.2) is 37.5 Å². The van der Waals surface area contributed by atoms with Gasteiger partial charge < -0.3 is 9.47 Å². The third-order valence-electron chi connectivity index (χ3n) is 4.25. The van der Waals surface area contributed by atoms with Crippen LogP contribution in [0.2, 0.25) is 10.0 Å². The molecule has 12 heteroatoms. The molecule has 3 aromatic carbocycles. The standard InChI is InChI=1S/C24H18Br2Cl2N4O4/c25-17-5-7-21(19(27)9-17)35-13-23(33)31-29-11-15-1-2-16(4-3-15)12-30-32-24(34)14-36-22-8-6-18(26)10-20(22)28/h1-12H,13-14H2,(H,31,33)(H,32,34)/b29-11+,30-12+. The Balaban J connectivity index is 1.39. The van der Waals surface area contributed by atoms with Gasteiger partial charge in [0.25, 0.3) is 11.8 Å². The van der Waals surface area contributed by atoms with E-state index in [1.165, 1.54) is 12.4 Å². The molecule has 0 heterocycles. The number of hydrogen-bond acceptors (Lipinski definition) is 6. The quantitative estimate of drug-likeness (QED) is 0.220. The van der Waals surface area contributed by atoms with E-state index in [9.17, 15) is 9.59 Å². The summed E-state index contributed by atoms with van der Waals surface area (Å²) in [7, 11) is 0. The second kappa shape index (κ2) is 14.0. The van der Waals surface area contributed by atoms with E-state index in [4.69, 9.17) is 32.7 Å². The van der Waals surface area contributed by atoms with Crippen molar-refractivity contribution < 1.29 is 19.1 Å². The summed E-state index contributed by atoms with van der Waals surface area (Å²) in [5, 5.41) is 8.58. The van der Waals surface area contributed by atoms with Gasteiger partial charge in [0.15, 0.2) is 13.2 Å². The Labute approximate surface area is 233 Å². The topological polar surface area (TPSA) is 101 Å². The predicted molar refractivity (Wildman–Crippen MR) is 147 cm³/mol. The van der Waals surface area contributed by atoms with E-state index in [-0.39, 0.29) is 13.2 Å². The fourth-order valence-electron chi connectivity index (χ4n) is 2.56. The molecule has 2 amide bonds. The molecule has 0 fully saturated rings. The Hall–Kier alpha value is -2.92. The normalized spacial score (nSPS) is 11.0. The van der Waals surface area contributed by atoms with Crippen LogP contribution in [0.1, 0.15) is 11.1 Å². The molecule has 0 aromatic heterocycles. The van der Waals surface area contributed by atoms with Crippen molar-refractivity contribution in [2.24, 2.45) is 10.2 Å². The largest absolute Gasteiger partial charge is 0.482 e. The van der Waals surface area contributed by atoms with Crippen molar-refractivity contribution in [1.82, 2.24) is 10.9 Å². The van der Waals surface area contributed by atoms with Crippen molar-refractivity contribution in [3.8, 4) is 11.5 Å². The molecule has 0 aliphatic rings. The zero-order valence-corrected chi connectivity index (χ0v) is 23.1. The lowest BCUT2D eigenvalue weighted by molar-refractivity contribution is -0.123. The van der Waals surface area contributed by atoms with Gasteiger partial charge in [-0.25, -0.2) is 10.9 Å². The number of hydrogen-bond donors (Lipinski definition) is 2. The van der Waals surface area contributed by atoms with Gasteiger partial charge in [-0.1, -0.05) is 79.3 Å². The molecule has 3 rings (SSSR count). The van der Waals surface area contributed by atoms with E-state index in [1.54, 1.807) is 60.7 Å². The van der Waals surface area contributed by atoms with Gasteiger partial charge in [0, 0.05) is 8.95 Å². The number of ether oxygens (including phenoxy) is 2. The predicted octanol–water partition coefficient (Wildman–Crippen LogP) is 5.58. The summed E-state index contributed by atoms with van der Waals surface area (Å²) in [5.74, 6) is -0.0739. The maximum absolute atomic E-state index is 11.9. The van der Waals surface area contributed by atoms with Crippen molar-refractivity contribution >= 4 is 79.3 Å². The van der Waals surface area contributed by atoms with Crippen molar-refractivity contribution in [3.63, 3.8) is 0 Å². The van der Waals surface area contributed by atoms with E-state index in [1.807, 2.05) is 0 Å². The van der Waals surface area contributed by atoms with Crippen LogP contribution in [0.4, 0.5) is 0 Å². The summed E-state index contributed by atoms with van der Waals surface area (Å²) in [5.41, 5.74) is 6.25. The van der Waals surface area contributed by atoms with Gasteiger partial charge in [0.1, 0.15) is 11.5 Å². The Morgan fingerprint density at radius 1 is 0.722 bits per heavy atom. The first-order valence-corrected chi connectivity index (χ1v) is 12.5. The molecule has 0 saturated heterocycles. The number of carbonyl (C=O) groups is 2. The van der Waals surface area contributed by atoms with Crippen LogP contribution < -0.4 is 20.3 Å². The minimum absolute atomic E-state index is 0.235. The highest BCUT2D eigenvalue weighted by Crippen LogP contribution is 2.28. The molecule has 36 heavy (non-hydrogen) atoms. The Morgan fingerprint density at radius 3 is 1.47 bits per heavy atom. The van der Waals surface area contributed by atoms with E-state index in [0.29, 0.717) is 21.5 Å². The van der Waals surface area contributed by atoms with Gasteiger partial charge in [-0.2, -0.15) is 10.2 Å². The third-order valence-corrected chi connectivity index (χ3v) is 5.82. The second-order valence-electron chi connectivity index (χ2n) is 6.98. The summed E-state index contributed by atoms with van der Waals surface area (Å²) < 4.78 is 12.4. The Morgan fingerprint density at radius 2 is 1.11 bits per heavy atom. The molecule has 8 nitrogen and oxygen atoms in total. The minimum Gasteiger partial charge on any atom is -0.482 e. The summed E-state index contributed by atoms with van der Waals surface area (Å²) in [6.45, 7) is -0.470. The molecule has 0 saturated carbocycles. The van der Waals surface area contributed by atoms with Crippen molar-refractivity contribution in [1.29, 1.82) is 0 Å². The fraction of sp³-hybridized carbons (Fsp3) is 0.0833. The number of benzene rings is 3. The van der Waals surface area contributed by atoms with Crippen molar-refractivity contribution in [2.75, 3.05) is 13.2 Å². The molecule has 0 aliphatic carbocycles. The summed E-state index contributed by atoms with van der Waals surface area (Å²) >= 11 is 18.7. The lowest BCUT2D eigenvalue weighted by Crippen LogP contribution is -2.24. The summed E-state index contributed by atoms with van der Waals surface area (Å²) in [6.07, 6.45) is 2.97. The van der Waals surface area contributed by atoms with Crippen molar-refractivity contribution in [3.05, 3.63) is 90.8 Å². The van der Waals surface area contributed by atoms with Crippen LogP contribution in [-0.2, 0) is 9.59 Å². The maximum atomic E-state index is 11.9. The number of rotatable bonds is 10. The molecular weight excluding hydrogens is 639 g/mol. The average Bonchev–Trinajstić information content (AvgIpc) is 2.84. The Kier molecular flexibility index (Phi) is 10.7. The molecule has 0 spiro atoms. The van der Waals surface area contributed by atoms with Crippen LogP contribution in [0.25, 0.3) is 0 Å². The zero-order valence-electron chi connectivity index (χ0n) is 18.4. The van der Waals surface area contributed by atoms with Crippen LogP contribution in [0.3, 0.4) is 0 Å². The van der Waals surface area contributed by atoms with Crippen LogP contribution in [0.15, 0.2) is 79.8 Å². The highest BCUT2D eigenvalue weighted by molar-refractivity contribution is 9.10. The highest BCUT2D eigenvalue weighted by Gasteiger charge is 2.07. The van der Waals surface area contributed by atoms with E-state index in [0.717, 1.165) is 20.1 Å². The molecule has 0 aliphatic heterocycles. The lowest BCUT2D eigenvalue weighted by atomic mass is 10.2. The molecule has 0 unspecified atom stereocenters. The SMILES string of the molecule is O=C(COc1ccc(Br)cc1Cl)N/N=C/c1ccc(/C=N/NC(=O)COc2ccc(Br)cc2Cl)cc1. The van der Waals surface area contributed by atoms with Crippen molar-refractivity contribution in [2.45, 2.75) is 0 Å². The molecule has 0 radical (unpaired) electrons. The highest BCUT2D eigenvalue weighted by atomic mass is 79.9. The van der Waals surface area contributed by atoms with Gasteiger partial charge in [0.2, 0.25) is 0 Å². The number of hydrazone groups is 2. The molecule has 186 valence electrons. The number of amides is 2. The van der Waals surface area contributed by atoms with Crippen LogP contribution in [0, 0.1) is 0 Å². The van der Waals surface area contributed by atoms with Gasteiger partial charge in [-0.05, 0) is 47.5 Å². The zero-order chi connectivity index (χ0) is 25.9. The molecule has 0 bridgehead atoms. The molecule has 0 atom stereocenters. The number of nitrogens with zero attached hydrogens (tertiary/aromatic N) is 2. The average molecular weight is 657 g/mol. The smallest absolute Gasteiger partial charge is 0.277 e. The Bertz CT molecular complexity index is 1190. The lowest BCUT2D eigenvalue weighted by Gasteiger charge is -2.07. The van der Waals surface area contributed by atoms with Gasteiger partial charge in [-0.3, -0.25) is 9.59 Å². The molecular formula is C24H18Br2Cl2N4O4. The molecule has 3 aromatic rings. The molecule has 2 N–H and O–H groups in total.